The van der Waals surface area contributed by atoms with Gasteiger partial charge in [0.25, 0.3) is 0 Å². The monoisotopic (exact) mass is 328 g/mol. The zero-order valence-corrected chi connectivity index (χ0v) is 12.5. The average Bonchev–Trinajstić information content (AvgIpc) is 2.60. The van der Waals surface area contributed by atoms with E-state index in [2.05, 4.69) is 34.9 Å². The zero-order chi connectivity index (χ0) is 13.3. The molecule has 2 N–H and O–H groups in total. The van der Waals surface area contributed by atoms with Gasteiger partial charge in [-0.2, -0.15) is 0 Å². The van der Waals surface area contributed by atoms with Crippen molar-refractivity contribution in [1.82, 2.24) is 5.16 Å². The highest BCUT2D eigenvalue weighted by Crippen LogP contribution is 2.35. The number of nitrogens with zero attached hydrogens (tertiary/aromatic N) is 1. The topological polar surface area (TPSA) is 52.0 Å². The summed E-state index contributed by atoms with van der Waals surface area (Å²) in [4.78, 5) is 0. The maximum absolute atomic E-state index is 6.23. The van der Waals surface area contributed by atoms with Gasteiger partial charge in [0.05, 0.1) is 5.02 Å². The third-order valence-corrected chi connectivity index (χ3v) is 3.42. The van der Waals surface area contributed by atoms with Gasteiger partial charge < -0.3 is 10.3 Å². The lowest BCUT2D eigenvalue weighted by Crippen LogP contribution is -1.98. The van der Waals surface area contributed by atoms with Crippen LogP contribution in [-0.4, -0.2) is 5.16 Å². The minimum atomic E-state index is 0.373. The van der Waals surface area contributed by atoms with Crippen molar-refractivity contribution in [2.45, 2.75) is 20.3 Å². The Morgan fingerprint density at radius 3 is 2.78 bits per heavy atom. The molecule has 1 aromatic carbocycles. The van der Waals surface area contributed by atoms with Crippen molar-refractivity contribution in [1.29, 1.82) is 0 Å². The highest BCUT2D eigenvalue weighted by molar-refractivity contribution is 9.10. The lowest BCUT2D eigenvalue weighted by Gasteiger charge is -2.06. The lowest BCUT2D eigenvalue weighted by molar-refractivity contribution is 0.438. The zero-order valence-electron chi connectivity index (χ0n) is 10.2. The van der Waals surface area contributed by atoms with Crippen molar-refractivity contribution in [3.05, 3.63) is 33.3 Å². The van der Waals surface area contributed by atoms with E-state index in [4.69, 9.17) is 21.9 Å². The molecule has 2 rings (SSSR count). The number of anilines is 1. The largest absolute Gasteiger partial charge is 0.367 e. The van der Waals surface area contributed by atoms with E-state index in [-0.39, 0.29) is 0 Å². The Labute approximate surface area is 119 Å². The maximum atomic E-state index is 6.23. The van der Waals surface area contributed by atoms with Gasteiger partial charge in [0.15, 0.2) is 0 Å². The summed E-state index contributed by atoms with van der Waals surface area (Å²) < 4.78 is 6.02. The normalized spacial score (nSPS) is 11.2. The third-order valence-electron chi connectivity index (χ3n) is 2.62. The van der Waals surface area contributed by atoms with Gasteiger partial charge in [-0.1, -0.05) is 52.6 Å². The van der Waals surface area contributed by atoms with E-state index < -0.39 is 0 Å². The van der Waals surface area contributed by atoms with Gasteiger partial charge in [0, 0.05) is 15.6 Å². The minimum absolute atomic E-state index is 0.373. The minimum Gasteiger partial charge on any atom is -0.367 e. The van der Waals surface area contributed by atoms with Crippen LogP contribution in [-0.2, 0) is 6.42 Å². The number of rotatable bonds is 3. The predicted octanol–water partition coefficient (Wildman–Crippen LogP) is 4.54. The van der Waals surface area contributed by atoms with E-state index in [1.54, 1.807) is 0 Å². The Morgan fingerprint density at radius 2 is 2.17 bits per heavy atom. The van der Waals surface area contributed by atoms with E-state index in [1.807, 2.05) is 18.2 Å². The highest BCUT2D eigenvalue weighted by Gasteiger charge is 2.18. The van der Waals surface area contributed by atoms with Gasteiger partial charge in [-0.3, -0.25) is 0 Å². The molecule has 0 saturated heterocycles. The fraction of sp³-hybridized carbons (Fsp3) is 0.308. The van der Waals surface area contributed by atoms with Crippen LogP contribution >= 0.6 is 27.5 Å². The molecular weight excluding hydrogens is 316 g/mol. The molecule has 0 bridgehead atoms. The SMILES string of the molecule is CC(C)Cc1c(-c2ccc(Br)cc2Cl)noc1N. The van der Waals surface area contributed by atoms with Gasteiger partial charge in [0.1, 0.15) is 5.69 Å². The van der Waals surface area contributed by atoms with Crippen LogP contribution in [0.2, 0.25) is 5.02 Å². The van der Waals surface area contributed by atoms with Crippen molar-refractivity contribution in [2.24, 2.45) is 5.92 Å². The quantitative estimate of drug-likeness (QED) is 0.899. The summed E-state index contributed by atoms with van der Waals surface area (Å²) in [6.45, 7) is 4.25. The molecule has 0 aliphatic rings. The van der Waals surface area contributed by atoms with Crippen molar-refractivity contribution in [3.8, 4) is 11.3 Å². The number of halogens is 2. The molecule has 0 radical (unpaired) electrons. The summed E-state index contributed by atoms with van der Waals surface area (Å²) in [6.07, 6.45) is 0.817. The van der Waals surface area contributed by atoms with Crippen LogP contribution in [0.15, 0.2) is 27.2 Å². The first-order valence-corrected chi connectivity index (χ1v) is 6.85. The number of nitrogen functional groups attached to an aromatic ring is 1. The van der Waals surface area contributed by atoms with Crippen LogP contribution in [0.5, 0.6) is 0 Å². The fourth-order valence-corrected chi connectivity index (χ4v) is 2.58. The first kappa shape index (κ1) is 13.4. The van der Waals surface area contributed by atoms with Crippen molar-refractivity contribution in [2.75, 3.05) is 5.73 Å². The predicted molar refractivity (Wildman–Crippen MR) is 77.6 cm³/mol. The molecule has 0 saturated carbocycles. The van der Waals surface area contributed by atoms with E-state index in [9.17, 15) is 0 Å². The maximum Gasteiger partial charge on any atom is 0.225 e. The summed E-state index contributed by atoms with van der Waals surface area (Å²) in [5, 5.41) is 4.66. The second kappa shape index (κ2) is 5.33. The number of aromatic nitrogens is 1. The fourth-order valence-electron chi connectivity index (χ4n) is 1.82. The molecule has 18 heavy (non-hydrogen) atoms. The first-order valence-electron chi connectivity index (χ1n) is 5.68. The summed E-state index contributed by atoms with van der Waals surface area (Å²) in [5.41, 5.74) is 8.33. The number of hydrogen-bond acceptors (Lipinski definition) is 3. The van der Waals surface area contributed by atoms with Crippen molar-refractivity contribution < 1.29 is 4.52 Å². The average molecular weight is 330 g/mol. The van der Waals surface area contributed by atoms with Crippen LogP contribution in [0, 0.1) is 5.92 Å². The molecule has 0 unspecified atom stereocenters. The van der Waals surface area contributed by atoms with Crippen LogP contribution in [0.25, 0.3) is 11.3 Å². The molecule has 0 aliphatic carbocycles. The Hall–Kier alpha value is -1.00. The molecule has 1 heterocycles. The van der Waals surface area contributed by atoms with E-state index in [0.717, 1.165) is 27.7 Å². The summed E-state index contributed by atoms with van der Waals surface area (Å²) in [5.74, 6) is 0.845. The van der Waals surface area contributed by atoms with Gasteiger partial charge >= 0.3 is 0 Å². The summed E-state index contributed by atoms with van der Waals surface area (Å²) >= 11 is 9.61. The standard InChI is InChI=1S/C13H14BrClN2O/c1-7(2)5-10-12(17-18-13(10)16)9-4-3-8(14)6-11(9)15/h3-4,6-7H,5,16H2,1-2H3. The van der Waals surface area contributed by atoms with Gasteiger partial charge in [0.2, 0.25) is 5.88 Å². The molecule has 2 aromatic rings. The van der Waals surface area contributed by atoms with E-state index in [1.165, 1.54) is 0 Å². The first-order chi connectivity index (χ1) is 8.49. The molecule has 0 amide bonds. The Bertz CT molecular complexity index is 566. The molecule has 0 atom stereocenters. The van der Waals surface area contributed by atoms with E-state index in [0.29, 0.717) is 16.8 Å². The van der Waals surface area contributed by atoms with Crippen molar-refractivity contribution >= 4 is 33.4 Å². The van der Waals surface area contributed by atoms with Gasteiger partial charge in [-0.25, -0.2) is 0 Å². The molecular formula is C13H14BrClN2O. The van der Waals surface area contributed by atoms with E-state index >= 15 is 0 Å². The third kappa shape index (κ3) is 2.70. The highest BCUT2D eigenvalue weighted by atomic mass is 79.9. The Kier molecular flexibility index (Phi) is 3.97. The summed E-state index contributed by atoms with van der Waals surface area (Å²) in [6, 6.07) is 5.67. The number of benzene rings is 1. The van der Waals surface area contributed by atoms with Crippen LogP contribution in [0.3, 0.4) is 0 Å². The Balaban J connectivity index is 2.50. The Morgan fingerprint density at radius 1 is 1.44 bits per heavy atom. The van der Waals surface area contributed by atoms with Crippen LogP contribution < -0.4 is 5.73 Å². The molecule has 0 spiro atoms. The van der Waals surface area contributed by atoms with Crippen LogP contribution in [0.1, 0.15) is 19.4 Å². The van der Waals surface area contributed by atoms with Gasteiger partial charge in [-0.15, -0.1) is 0 Å². The smallest absolute Gasteiger partial charge is 0.225 e. The molecule has 5 heteroatoms. The van der Waals surface area contributed by atoms with Crippen LogP contribution in [0.4, 0.5) is 5.88 Å². The molecule has 96 valence electrons. The second-order valence-corrected chi connectivity index (χ2v) is 5.92. The van der Waals surface area contributed by atoms with Crippen molar-refractivity contribution in [3.63, 3.8) is 0 Å². The number of nitrogens with two attached hydrogens (primary N) is 1. The molecule has 0 fully saturated rings. The molecule has 1 aromatic heterocycles. The summed E-state index contributed by atoms with van der Waals surface area (Å²) in [7, 11) is 0. The number of hydrogen-bond donors (Lipinski definition) is 1. The second-order valence-electron chi connectivity index (χ2n) is 4.60. The lowest BCUT2D eigenvalue weighted by atomic mass is 9.99. The molecule has 0 aliphatic heterocycles. The molecule has 3 nitrogen and oxygen atoms in total. The van der Waals surface area contributed by atoms with Gasteiger partial charge in [-0.05, 0) is 24.5 Å².